The van der Waals surface area contributed by atoms with Crippen LogP contribution in [0.4, 0.5) is 5.69 Å². The SMILES string of the molecule is CCCC(=O)NCC1CCC(C(=O)NCc2ccc3c(c2)CCCN3C)CC1. The molecule has 28 heavy (non-hydrogen) atoms. The zero-order chi connectivity index (χ0) is 19.9. The zero-order valence-electron chi connectivity index (χ0n) is 17.4. The maximum Gasteiger partial charge on any atom is 0.223 e. The molecule has 1 fully saturated rings. The molecule has 2 amide bonds. The number of amides is 2. The fourth-order valence-corrected chi connectivity index (χ4v) is 4.48. The van der Waals surface area contributed by atoms with Crippen molar-refractivity contribution in [2.45, 2.75) is 64.8 Å². The highest BCUT2D eigenvalue weighted by atomic mass is 16.2. The lowest BCUT2D eigenvalue weighted by Gasteiger charge is -2.28. The first-order chi connectivity index (χ1) is 13.6. The number of rotatable bonds is 7. The van der Waals surface area contributed by atoms with Crippen LogP contribution in [0.15, 0.2) is 18.2 Å². The van der Waals surface area contributed by atoms with Crippen LogP contribution in [0.1, 0.15) is 63.0 Å². The van der Waals surface area contributed by atoms with E-state index in [0.717, 1.165) is 51.6 Å². The summed E-state index contributed by atoms with van der Waals surface area (Å²) >= 11 is 0. The van der Waals surface area contributed by atoms with Crippen LogP contribution in [-0.2, 0) is 22.6 Å². The molecule has 0 spiro atoms. The van der Waals surface area contributed by atoms with E-state index in [0.29, 0.717) is 18.9 Å². The third kappa shape index (κ3) is 5.49. The molecule has 1 aromatic carbocycles. The molecule has 0 unspecified atom stereocenters. The number of nitrogens with one attached hydrogen (secondary N) is 2. The Hall–Kier alpha value is -2.04. The second-order valence-corrected chi connectivity index (χ2v) is 8.48. The summed E-state index contributed by atoms with van der Waals surface area (Å²) in [6.07, 6.45) is 7.72. The number of fused-ring (bicyclic) bond motifs is 1. The van der Waals surface area contributed by atoms with E-state index in [-0.39, 0.29) is 17.7 Å². The van der Waals surface area contributed by atoms with Crippen LogP contribution in [0.3, 0.4) is 0 Å². The van der Waals surface area contributed by atoms with E-state index < -0.39 is 0 Å². The van der Waals surface area contributed by atoms with E-state index in [1.165, 1.54) is 23.2 Å². The highest BCUT2D eigenvalue weighted by Crippen LogP contribution is 2.29. The van der Waals surface area contributed by atoms with Crippen LogP contribution in [0.5, 0.6) is 0 Å². The Morgan fingerprint density at radius 3 is 2.68 bits per heavy atom. The summed E-state index contributed by atoms with van der Waals surface area (Å²) in [5, 5.41) is 6.18. The van der Waals surface area contributed by atoms with Gasteiger partial charge >= 0.3 is 0 Å². The summed E-state index contributed by atoms with van der Waals surface area (Å²) in [4.78, 5) is 26.5. The quantitative estimate of drug-likeness (QED) is 0.756. The number of nitrogens with zero attached hydrogens (tertiary/aromatic N) is 1. The highest BCUT2D eigenvalue weighted by molar-refractivity contribution is 5.78. The fraction of sp³-hybridized carbons (Fsp3) is 0.652. The van der Waals surface area contributed by atoms with E-state index in [1.54, 1.807) is 0 Å². The van der Waals surface area contributed by atoms with Crippen molar-refractivity contribution in [1.29, 1.82) is 0 Å². The van der Waals surface area contributed by atoms with Crippen LogP contribution in [0, 0.1) is 11.8 Å². The van der Waals surface area contributed by atoms with Gasteiger partial charge in [-0.25, -0.2) is 0 Å². The molecule has 0 radical (unpaired) electrons. The van der Waals surface area contributed by atoms with Crippen LogP contribution < -0.4 is 15.5 Å². The molecule has 1 aliphatic heterocycles. The van der Waals surface area contributed by atoms with Crippen molar-refractivity contribution in [2.24, 2.45) is 11.8 Å². The van der Waals surface area contributed by atoms with Gasteiger partial charge in [0.2, 0.25) is 11.8 Å². The Morgan fingerprint density at radius 2 is 1.93 bits per heavy atom. The first-order valence-corrected chi connectivity index (χ1v) is 10.9. The lowest BCUT2D eigenvalue weighted by molar-refractivity contribution is -0.126. The molecule has 5 nitrogen and oxygen atoms in total. The number of anilines is 1. The average Bonchev–Trinajstić information content (AvgIpc) is 2.71. The third-order valence-electron chi connectivity index (χ3n) is 6.24. The molecule has 2 N–H and O–H groups in total. The zero-order valence-corrected chi connectivity index (χ0v) is 17.4. The largest absolute Gasteiger partial charge is 0.374 e. The summed E-state index contributed by atoms with van der Waals surface area (Å²) in [6, 6.07) is 6.58. The molecule has 0 saturated heterocycles. The van der Waals surface area contributed by atoms with Crippen molar-refractivity contribution in [3.05, 3.63) is 29.3 Å². The Bertz CT molecular complexity index is 680. The third-order valence-corrected chi connectivity index (χ3v) is 6.24. The topological polar surface area (TPSA) is 61.4 Å². The van der Waals surface area contributed by atoms with Crippen LogP contribution in [0.2, 0.25) is 0 Å². The minimum absolute atomic E-state index is 0.117. The molecular formula is C23H35N3O2. The van der Waals surface area contributed by atoms with Gasteiger partial charge in [0.1, 0.15) is 0 Å². The van der Waals surface area contributed by atoms with E-state index in [9.17, 15) is 9.59 Å². The summed E-state index contributed by atoms with van der Waals surface area (Å²) in [5.41, 5.74) is 3.91. The Labute approximate surface area is 169 Å². The first kappa shape index (κ1) is 20.7. The molecule has 2 aliphatic rings. The summed E-state index contributed by atoms with van der Waals surface area (Å²) in [6.45, 7) is 4.51. The van der Waals surface area contributed by atoms with Gasteiger partial charge in [0.25, 0.3) is 0 Å². The van der Waals surface area contributed by atoms with Gasteiger partial charge < -0.3 is 15.5 Å². The molecule has 1 saturated carbocycles. The highest BCUT2D eigenvalue weighted by Gasteiger charge is 2.26. The van der Waals surface area contributed by atoms with E-state index >= 15 is 0 Å². The lowest BCUT2D eigenvalue weighted by atomic mass is 9.81. The van der Waals surface area contributed by atoms with Crippen molar-refractivity contribution in [3.8, 4) is 0 Å². The Kier molecular flexibility index (Phi) is 7.35. The Balaban J connectivity index is 1.41. The van der Waals surface area contributed by atoms with Gasteiger partial charge in [-0.2, -0.15) is 0 Å². The Morgan fingerprint density at radius 1 is 1.14 bits per heavy atom. The smallest absolute Gasteiger partial charge is 0.223 e. The van der Waals surface area contributed by atoms with Gasteiger partial charge in [0, 0.05) is 44.7 Å². The number of hydrogen-bond donors (Lipinski definition) is 2. The van der Waals surface area contributed by atoms with Crippen molar-refractivity contribution in [3.63, 3.8) is 0 Å². The summed E-state index contributed by atoms with van der Waals surface area (Å²) in [7, 11) is 2.14. The number of aryl methyl sites for hydroxylation is 1. The molecular weight excluding hydrogens is 350 g/mol. The van der Waals surface area contributed by atoms with Crippen LogP contribution >= 0.6 is 0 Å². The lowest BCUT2D eigenvalue weighted by Crippen LogP contribution is -2.36. The molecule has 5 heteroatoms. The molecule has 1 aromatic rings. The average molecular weight is 386 g/mol. The number of hydrogen-bond acceptors (Lipinski definition) is 3. The summed E-state index contributed by atoms with van der Waals surface area (Å²) < 4.78 is 0. The van der Waals surface area contributed by atoms with Crippen molar-refractivity contribution >= 4 is 17.5 Å². The molecule has 0 bridgehead atoms. The molecule has 0 atom stereocenters. The normalized spacial score (nSPS) is 21.7. The first-order valence-electron chi connectivity index (χ1n) is 10.9. The van der Waals surface area contributed by atoms with Gasteiger partial charge in [0.05, 0.1) is 0 Å². The standard InChI is InChI=1S/C23H35N3O2/c1-3-5-22(27)24-15-17-7-10-19(11-8-17)23(28)25-16-18-9-12-21-20(14-18)6-4-13-26(21)2/h9,12,14,17,19H,3-8,10-11,13,15-16H2,1-2H3,(H,24,27)(H,25,28). The fourth-order valence-electron chi connectivity index (χ4n) is 4.48. The number of carbonyl (C=O) groups is 2. The molecule has 1 aliphatic carbocycles. The van der Waals surface area contributed by atoms with E-state index in [1.807, 2.05) is 6.92 Å². The monoisotopic (exact) mass is 385 g/mol. The predicted octanol–water partition coefficient (Wildman–Crippen LogP) is 3.41. The van der Waals surface area contributed by atoms with Crippen molar-refractivity contribution in [2.75, 3.05) is 25.0 Å². The van der Waals surface area contributed by atoms with Gasteiger partial charge in [-0.05, 0) is 68.1 Å². The maximum atomic E-state index is 12.6. The van der Waals surface area contributed by atoms with Crippen LogP contribution in [0.25, 0.3) is 0 Å². The second-order valence-electron chi connectivity index (χ2n) is 8.48. The van der Waals surface area contributed by atoms with E-state index in [4.69, 9.17) is 0 Å². The van der Waals surface area contributed by atoms with Crippen molar-refractivity contribution in [1.82, 2.24) is 10.6 Å². The van der Waals surface area contributed by atoms with Gasteiger partial charge in [-0.1, -0.05) is 19.1 Å². The predicted molar refractivity (Wildman–Crippen MR) is 113 cm³/mol. The van der Waals surface area contributed by atoms with Crippen molar-refractivity contribution < 1.29 is 9.59 Å². The second kappa shape index (κ2) is 9.94. The molecule has 0 aromatic heterocycles. The minimum Gasteiger partial charge on any atom is -0.374 e. The van der Waals surface area contributed by atoms with Gasteiger partial charge in [-0.3, -0.25) is 9.59 Å². The van der Waals surface area contributed by atoms with E-state index in [2.05, 4.69) is 40.8 Å². The molecule has 3 rings (SSSR count). The maximum absolute atomic E-state index is 12.6. The molecule has 154 valence electrons. The van der Waals surface area contributed by atoms with Gasteiger partial charge in [-0.15, -0.1) is 0 Å². The number of benzene rings is 1. The van der Waals surface area contributed by atoms with Crippen LogP contribution in [-0.4, -0.2) is 32.0 Å². The summed E-state index contributed by atoms with van der Waals surface area (Å²) in [5.74, 6) is 0.968. The minimum atomic E-state index is 0.117. The molecule has 1 heterocycles. The van der Waals surface area contributed by atoms with Gasteiger partial charge in [0.15, 0.2) is 0 Å². The number of carbonyl (C=O) groups excluding carboxylic acids is 2.